The van der Waals surface area contributed by atoms with Crippen LogP contribution in [0.5, 0.6) is 0 Å². The Morgan fingerprint density at radius 3 is 2.54 bits per heavy atom. The summed E-state index contributed by atoms with van der Waals surface area (Å²) in [4.78, 5) is 28.2. The molecule has 6 nitrogen and oxygen atoms in total. The summed E-state index contributed by atoms with van der Waals surface area (Å²) in [6, 6.07) is 5.48. The number of fused-ring (bicyclic) bond motifs is 1. The minimum Gasteiger partial charge on any atom is -0.366 e. The number of piperidine rings is 1. The van der Waals surface area contributed by atoms with Crippen LogP contribution in [0.15, 0.2) is 18.2 Å². The van der Waals surface area contributed by atoms with E-state index in [1.165, 1.54) is 0 Å². The van der Waals surface area contributed by atoms with Crippen molar-refractivity contribution in [3.8, 4) is 0 Å². The maximum absolute atomic E-state index is 12.9. The van der Waals surface area contributed by atoms with E-state index in [0.717, 1.165) is 18.4 Å². The van der Waals surface area contributed by atoms with Gasteiger partial charge < -0.3 is 19.9 Å². The highest BCUT2D eigenvalue weighted by atomic mass is 35.5. The first kappa shape index (κ1) is 17.9. The fourth-order valence-corrected chi connectivity index (χ4v) is 4.63. The number of urea groups is 1. The van der Waals surface area contributed by atoms with Crippen molar-refractivity contribution in [3.63, 3.8) is 0 Å². The summed E-state index contributed by atoms with van der Waals surface area (Å²) in [7, 11) is 0. The fraction of sp³-hybridized carbons (Fsp3) is 0.556. The second-order valence-electron chi connectivity index (χ2n) is 7.18. The van der Waals surface area contributed by atoms with E-state index in [0.29, 0.717) is 36.2 Å². The van der Waals surface area contributed by atoms with Crippen LogP contribution in [0.3, 0.4) is 0 Å². The SMILES string of the molecule is O=C1CO[C@H]2CCN(C(=O)N3CCC(c4cc(Cl)cc(Cl)c4)C3)CC2N1. The molecule has 3 aliphatic heterocycles. The van der Waals surface area contributed by atoms with E-state index >= 15 is 0 Å². The molecule has 3 fully saturated rings. The van der Waals surface area contributed by atoms with Crippen molar-refractivity contribution in [2.75, 3.05) is 32.8 Å². The van der Waals surface area contributed by atoms with Gasteiger partial charge >= 0.3 is 6.03 Å². The molecule has 0 spiro atoms. The van der Waals surface area contributed by atoms with Gasteiger partial charge in [0.25, 0.3) is 0 Å². The van der Waals surface area contributed by atoms with Crippen LogP contribution in [-0.4, -0.2) is 66.7 Å². The summed E-state index contributed by atoms with van der Waals surface area (Å²) in [6.07, 6.45) is 1.65. The molecule has 1 aromatic rings. The Balaban J connectivity index is 1.39. The van der Waals surface area contributed by atoms with Gasteiger partial charge in [0.1, 0.15) is 6.61 Å². The number of hydrogen-bond donors (Lipinski definition) is 1. The highest BCUT2D eigenvalue weighted by Gasteiger charge is 2.38. The van der Waals surface area contributed by atoms with Crippen LogP contribution in [0, 0.1) is 0 Å². The maximum Gasteiger partial charge on any atom is 0.320 e. The monoisotopic (exact) mass is 397 g/mol. The molecule has 0 radical (unpaired) electrons. The third kappa shape index (κ3) is 3.63. The predicted molar refractivity (Wildman–Crippen MR) is 98.6 cm³/mol. The lowest BCUT2D eigenvalue weighted by Gasteiger charge is -2.42. The largest absolute Gasteiger partial charge is 0.366 e. The molecule has 1 aromatic carbocycles. The van der Waals surface area contributed by atoms with Crippen LogP contribution >= 0.6 is 23.2 Å². The molecule has 3 heterocycles. The molecule has 2 unspecified atom stereocenters. The molecule has 3 saturated heterocycles. The number of amides is 3. The zero-order valence-electron chi connectivity index (χ0n) is 14.3. The zero-order valence-corrected chi connectivity index (χ0v) is 15.8. The Morgan fingerprint density at radius 2 is 1.77 bits per heavy atom. The van der Waals surface area contributed by atoms with E-state index in [-0.39, 0.29) is 36.6 Å². The number of hydrogen-bond acceptors (Lipinski definition) is 3. The molecule has 0 aliphatic carbocycles. The Morgan fingerprint density at radius 1 is 1.08 bits per heavy atom. The van der Waals surface area contributed by atoms with Gasteiger partial charge in [-0.25, -0.2) is 4.79 Å². The smallest absolute Gasteiger partial charge is 0.320 e. The van der Waals surface area contributed by atoms with Crippen LogP contribution in [0.25, 0.3) is 0 Å². The Hall–Kier alpha value is -1.50. The number of nitrogens with zero attached hydrogens (tertiary/aromatic N) is 2. The minimum absolute atomic E-state index is 0.0108. The van der Waals surface area contributed by atoms with E-state index in [2.05, 4.69) is 5.32 Å². The number of halogens is 2. The quantitative estimate of drug-likeness (QED) is 0.791. The van der Waals surface area contributed by atoms with E-state index in [9.17, 15) is 9.59 Å². The molecule has 8 heteroatoms. The van der Waals surface area contributed by atoms with Crippen molar-refractivity contribution in [1.29, 1.82) is 0 Å². The third-order valence-electron chi connectivity index (χ3n) is 5.41. The lowest BCUT2D eigenvalue weighted by molar-refractivity contribution is -0.139. The van der Waals surface area contributed by atoms with Crippen molar-refractivity contribution < 1.29 is 14.3 Å². The number of carbonyl (C=O) groups is 2. The molecule has 4 rings (SSSR count). The zero-order chi connectivity index (χ0) is 18.3. The molecule has 1 N–H and O–H groups in total. The molecule has 0 aromatic heterocycles. The van der Waals surface area contributed by atoms with Crippen molar-refractivity contribution in [2.45, 2.75) is 30.9 Å². The summed E-state index contributed by atoms with van der Waals surface area (Å²) >= 11 is 12.2. The molecule has 3 aliphatic rings. The highest BCUT2D eigenvalue weighted by Crippen LogP contribution is 2.32. The number of likely N-dealkylation sites (tertiary alicyclic amines) is 2. The van der Waals surface area contributed by atoms with Gasteiger partial charge in [0.2, 0.25) is 5.91 Å². The molecule has 0 saturated carbocycles. The third-order valence-corrected chi connectivity index (χ3v) is 5.85. The summed E-state index contributed by atoms with van der Waals surface area (Å²) in [5.41, 5.74) is 1.07. The van der Waals surface area contributed by atoms with Crippen LogP contribution in [0.2, 0.25) is 10.0 Å². The first-order valence-electron chi connectivity index (χ1n) is 8.90. The summed E-state index contributed by atoms with van der Waals surface area (Å²) in [6.45, 7) is 2.63. The molecular weight excluding hydrogens is 377 g/mol. The first-order valence-corrected chi connectivity index (χ1v) is 9.66. The standard InChI is InChI=1S/C18H21Cl2N3O3/c19-13-5-12(6-14(20)7-13)11-1-3-22(8-11)18(25)23-4-2-16-15(9-23)21-17(24)10-26-16/h5-7,11,15-16H,1-4,8-10H2,(H,21,24)/t11?,15?,16-/m0/s1. The normalized spacial score (nSPS) is 28.7. The van der Waals surface area contributed by atoms with Gasteiger partial charge in [-0.1, -0.05) is 23.2 Å². The van der Waals surface area contributed by atoms with E-state index in [1.807, 2.05) is 21.9 Å². The number of carbonyl (C=O) groups excluding carboxylic acids is 2. The van der Waals surface area contributed by atoms with Gasteiger partial charge in [-0.3, -0.25) is 4.79 Å². The lowest BCUT2D eigenvalue weighted by atomic mass is 9.98. The van der Waals surface area contributed by atoms with E-state index in [1.54, 1.807) is 6.07 Å². The summed E-state index contributed by atoms with van der Waals surface area (Å²) in [5.74, 6) is 0.130. The average molecular weight is 398 g/mol. The highest BCUT2D eigenvalue weighted by molar-refractivity contribution is 6.34. The molecule has 0 bridgehead atoms. The Kier molecular flexibility index (Phi) is 4.99. The van der Waals surface area contributed by atoms with Gasteiger partial charge in [-0.2, -0.15) is 0 Å². The lowest BCUT2D eigenvalue weighted by Crippen LogP contribution is -2.62. The van der Waals surface area contributed by atoms with Gasteiger partial charge in [-0.15, -0.1) is 0 Å². The van der Waals surface area contributed by atoms with Crippen molar-refractivity contribution in [2.24, 2.45) is 0 Å². The number of ether oxygens (including phenoxy) is 1. The van der Waals surface area contributed by atoms with Gasteiger partial charge in [0.05, 0.1) is 12.1 Å². The molecule has 3 amide bonds. The Labute approximate surface area is 162 Å². The van der Waals surface area contributed by atoms with E-state index < -0.39 is 0 Å². The van der Waals surface area contributed by atoms with Gasteiger partial charge in [0.15, 0.2) is 0 Å². The molecule has 3 atom stereocenters. The topological polar surface area (TPSA) is 61.9 Å². The average Bonchev–Trinajstić information content (AvgIpc) is 3.09. The summed E-state index contributed by atoms with van der Waals surface area (Å²) < 4.78 is 5.56. The fourth-order valence-electron chi connectivity index (χ4n) is 4.09. The number of rotatable bonds is 1. The van der Waals surface area contributed by atoms with E-state index in [4.69, 9.17) is 27.9 Å². The van der Waals surface area contributed by atoms with Crippen LogP contribution in [0.1, 0.15) is 24.3 Å². The predicted octanol–water partition coefficient (Wildman–Crippen LogP) is 2.49. The van der Waals surface area contributed by atoms with Crippen LogP contribution in [-0.2, 0) is 9.53 Å². The van der Waals surface area contributed by atoms with Crippen LogP contribution < -0.4 is 5.32 Å². The van der Waals surface area contributed by atoms with Gasteiger partial charge in [0, 0.05) is 42.1 Å². The number of benzene rings is 1. The Bertz CT molecular complexity index is 709. The van der Waals surface area contributed by atoms with Crippen molar-refractivity contribution in [1.82, 2.24) is 15.1 Å². The maximum atomic E-state index is 12.9. The van der Waals surface area contributed by atoms with Crippen molar-refractivity contribution >= 4 is 35.1 Å². The second-order valence-corrected chi connectivity index (χ2v) is 8.05. The first-order chi connectivity index (χ1) is 12.5. The second kappa shape index (κ2) is 7.25. The van der Waals surface area contributed by atoms with Crippen LogP contribution in [0.4, 0.5) is 4.79 Å². The molecule has 140 valence electrons. The number of nitrogens with one attached hydrogen (secondary N) is 1. The molecular formula is C18H21Cl2N3O3. The molecule has 26 heavy (non-hydrogen) atoms. The summed E-state index contributed by atoms with van der Waals surface area (Å²) in [5, 5.41) is 4.17. The van der Waals surface area contributed by atoms with Crippen molar-refractivity contribution in [3.05, 3.63) is 33.8 Å². The minimum atomic E-state index is -0.112. The number of morpholine rings is 1. The van der Waals surface area contributed by atoms with Gasteiger partial charge in [-0.05, 0) is 36.6 Å².